The Kier molecular flexibility index (Phi) is 4.91. The minimum Gasteiger partial charge on any atom is -0.457 e. The summed E-state index contributed by atoms with van der Waals surface area (Å²) in [4.78, 5) is 44.6. The van der Waals surface area contributed by atoms with E-state index < -0.39 is 17.5 Å². The van der Waals surface area contributed by atoms with Crippen molar-refractivity contribution in [1.29, 1.82) is 0 Å². The summed E-state index contributed by atoms with van der Waals surface area (Å²) in [6, 6.07) is 15.4. The van der Waals surface area contributed by atoms with Gasteiger partial charge in [-0.05, 0) is 48.9 Å². The fourth-order valence-corrected chi connectivity index (χ4v) is 5.21. The van der Waals surface area contributed by atoms with Gasteiger partial charge in [0.2, 0.25) is 5.60 Å². The van der Waals surface area contributed by atoms with Crippen LogP contribution in [0.5, 0.6) is 0 Å². The van der Waals surface area contributed by atoms with Gasteiger partial charge < -0.3 is 19.8 Å². The average Bonchev–Trinajstić information content (AvgIpc) is 3.23. The van der Waals surface area contributed by atoms with Gasteiger partial charge in [-0.25, -0.2) is 14.6 Å². The highest BCUT2D eigenvalue weighted by atomic mass is 35.5. The Morgan fingerprint density at radius 2 is 2.00 bits per heavy atom. The first-order valence-electron chi connectivity index (χ1n) is 11.4. The van der Waals surface area contributed by atoms with Crippen molar-refractivity contribution < 1.29 is 19.1 Å². The number of hydrogen-bond donors (Lipinski definition) is 1. The third-order valence-electron chi connectivity index (χ3n) is 6.88. The Morgan fingerprint density at radius 1 is 1.19 bits per heavy atom. The lowest BCUT2D eigenvalue weighted by Gasteiger charge is -2.35. The van der Waals surface area contributed by atoms with Crippen LogP contribution in [0.4, 0.5) is 5.69 Å². The average molecular weight is 502 g/mol. The second kappa shape index (κ2) is 7.93. The number of anilines is 1. The van der Waals surface area contributed by atoms with E-state index in [4.69, 9.17) is 31.8 Å². The smallest absolute Gasteiger partial charge is 0.355 e. The van der Waals surface area contributed by atoms with Crippen LogP contribution in [-0.2, 0) is 33.0 Å². The number of rotatable bonds is 3. The topological polar surface area (TPSA) is 114 Å². The van der Waals surface area contributed by atoms with Gasteiger partial charge in [-0.1, -0.05) is 30.7 Å². The summed E-state index contributed by atoms with van der Waals surface area (Å²) >= 11 is 6.04. The van der Waals surface area contributed by atoms with E-state index in [9.17, 15) is 14.4 Å². The first-order chi connectivity index (χ1) is 17.3. The van der Waals surface area contributed by atoms with E-state index in [1.165, 1.54) is 6.07 Å². The van der Waals surface area contributed by atoms with E-state index in [1.807, 2.05) is 18.2 Å². The highest BCUT2D eigenvalue weighted by Gasteiger charge is 2.50. The van der Waals surface area contributed by atoms with E-state index in [2.05, 4.69) is 0 Å². The molecule has 36 heavy (non-hydrogen) atoms. The number of ether oxygens (including phenoxy) is 2. The Hall–Kier alpha value is -4.17. The van der Waals surface area contributed by atoms with Crippen molar-refractivity contribution in [3.05, 3.63) is 92.2 Å². The molecule has 2 N–H and O–H groups in total. The molecule has 0 bridgehead atoms. The van der Waals surface area contributed by atoms with Crippen LogP contribution in [-0.4, -0.2) is 21.5 Å². The molecule has 0 fully saturated rings. The molecule has 0 unspecified atom stereocenters. The van der Waals surface area contributed by atoms with E-state index in [0.29, 0.717) is 39.7 Å². The number of halogens is 1. The Bertz CT molecular complexity index is 1680. The molecule has 8 nitrogen and oxygen atoms in total. The standard InChI is InChI=1S/C27H20ClN3O5/c1-2-27(36-25(33)14-5-3-6-16(28)9-14)19-11-22-23-15(10-17-20(29)7-4-8-21(17)30-23)12-31(22)24(32)18(19)13-35-26(27)34/h3-11H,2,12-13,29H2,1H3/t27-/m0/s1. The molecule has 0 aliphatic carbocycles. The molecule has 0 radical (unpaired) electrons. The third kappa shape index (κ3) is 3.14. The Morgan fingerprint density at radius 3 is 2.78 bits per heavy atom. The minimum absolute atomic E-state index is 0.0720. The number of carbonyl (C=O) groups excluding carboxylic acids is 2. The van der Waals surface area contributed by atoms with Crippen molar-refractivity contribution in [1.82, 2.24) is 9.55 Å². The second-order valence-corrected chi connectivity index (χ2v) is 9.32. The van der Waals surface area contributed by atoms with Crippen LogP contribution in [0.3, 0.4) is 0 Å². The molecule has 9 heteroatoms. The van der Waals surface area contributed by atoms with Crippen molar-refractivity contribution in [2.24, 2.45) is 0 Å². The monoisotopic (exact) mass is 501 g/mol. The SMILES string of the molecule is CC[C@@]1(OC(=O)c2cccc(Cl)c2)C(=O)OCc2c1cc1n(c2=O)Cc2cc3c(N)cccc3nc2-1. The first-order valence-corrected chi connectivity index (χ1v) is 11.8. The molecular weight excluding hydrogens is 482 g/mol. The van der Waals surface area contributed by atoms with Gasteiger partial charge in [-0.2, -0.15) is 0 Å². The predicted octanol–water partition coefficient (Wildman–Crippen LogP) is 4.18. The fourth-order valence-electron chi connectivity index (χ4n) is 5.02. The number of cyclic esters (lactones) is 1. The van der Waals surface area contributed by atoms with E-state index in [-0.39, 0.29) is 29.7 Å². The summed E-state index contributed by atoms with van der Waals surface area (Å²) in [5.41, 5.74) is 8.11. The molecule has 6 rings (SSSR count). The van der Waals surface area contributed by atoms with Crippen molar-refractivity contribution in [3.8, 4) is 11.4 Å². The lowest BCUT2D eigenvalue weighted by molar-refractivity contribution is -0.173. The molecule has 0 amide bonds. The number of carbonyl (C=O) groups is 2. The quantitative estimate of drug-likeness (QED) is 0.291. The maximum atomic E-state index is 13.6. The zero-order valence-electron chi connectivity index (χ0n) is 19.2. The van der Waals surface area contributed by atoms with Gasteiger partial charge in [0.1, 0.15) is 6.61 Å². The summed E-state index contributed by atoms with van der Waals surface area (Å²) in [5, 5.41) is 1.16. The summed E-state index contributed by atoms with van der Waals surface area (Å²) in [6.07, 6.45) is 0.0720. The molecule has 4 heterocycles. The van der Waals surface area contributed by atoms with Gasteiger partial charge in [0.25, 0.3) is 5.56 Å². The third-order valence-corrected chi connectivity index (χ3v) is 7.12. The lowest BCUT2D eigenvalue weighted by Crippen LogP contribution is -2.47. The van der Waals surface area contributed by atoms with Crippen LogP contribution < -0.4 is 11.3 Å². The van der Waals surface area contributed by atoms with Gasteiger partial charge in [-0.15, -0.1) is 0 Å². The molecule has 0 saturated carbocycles. The van der Waals surface area contributed by atoms with Gasteiger partial charge in [-0.3, -0.25) is 4.79 Å². The van der Waals surface area contributed by atoms with Gasteiger partial charge >= 0.3 is 11.9 Å². The second-order valence-electron chi connectivity index (χ2n) is 8.88. The Balaban J connectivity index is 1.53. The molecule has 2 aliphatic rings. The van der Waals surface area contributed by atoms with Crippen molar-refractivity contribution in [2.45, 2.75) is 32.1 Å². The highest BCUT2D eigenvalue weighted by Crippen LogP contribution is 2.41. The molecule has 1 atom stereocenters. The number of fused-ring (bicyclic) bond motifs is 5. The predicted molar refractivity (Wildman–Crippen MR) is 134 cm³/mol. The number of pyridine rings is 2. The zero-order chi connectivity index (χ0) is 25.2. The summed E-state index contributed by atoms with van der Waals surface area (Å²) in [7, 11) is 0. The van der Waals surface area contributed by atoms with Crippen molar-refractivity contribution in [3.63, 3.8) is 0 Å². The van der Waals surface area contributed by atoms with E-state index >= 15 is 0 Å². The van der Waals surface area contributed by atoms with Crippen LogP contribution >= 0.6 is 11.6 Å². The van der Waals surface area contributed by atoms with Crippen LogP contribution in [0, 0.1) is 0 Å². The molecule has 2 aliphatic heterocycles. The molecule has 2 aromatic heterocycles. The number of aromatic nitrogens is 2. The molecule has 0 spiro atoms. The van der Waals surface area contributed by atoms with Crippen molar-refractivity contribution in [2.75, 3.05) is 5.73 Å². The molecule has 0 saturated heterocycles. The van der Waals surface area contributed by atoms with Gasteiger partial charge in [0, 0.05) is 27.2 Å². The lowest BCUT2D eigenvalue weighted by atomic mass is 9.85. The van der Waals surface area contributed by atoms with Gasteiger partial charge in [0.05, 0.1) is 34.6 Å². The van der Waals surface area contributed by atoms with Crippen LogP contribution in [0.2, 0.25) is 5.02 Å². The number of nitrogen functional groups attached to an aromatic ring is 1. The van der Waals surface area contributed by atoms with Crippen molar-refractivity contribution >= 4 is 40.1 Å². The largest absolute Gasteiger partial charge is 0.457 e. The maximum absolute atomic E-state index is 13.6. The number of nitrogens with zero attached hydrogens (tertiary/aromatic N) is 2. The highest BCUT2D eigenvalue weighted by molar-refractivity contribution is 6.30. The summed E-state index contributed by atoms with van der Waals surface area (Å²) in [5.74, 6) is -1.47. The normalized spacial score (nSPS) is 17.8. The maximum Gasteiger partial charge on any atom is 0.355 e. The number of nitrogens with two attached hydrogens (primary N) is 1. The summed E-state index contributed by atoms with van der Waals surface area (Å²) < 4.78 is 12.8. The minimum atomic E-state index is -1.79. The molecule has 4 aromatic rings. The molecule has 2 aromatic carbocycles. The number of benzene rings is 2. The number of esters is 2. The van der Waals surface area contributed by atoms with E-state index in [1.54, 1.807) is 41.8 Å². The Labute approximate surface area is 210 Å². The fraction of sp³-hybridized carbons (Fsp3) is 0.185. The van der Waals surface area contributed by atoms with Gasteiger partial charge in [0.15, 0.2) is 0 Å². The molecule has 180 valence electrons. The van der Waals surface area contributed by atoms with Crippen LogP contribution in [0.15, 0.2) is 59.4 Å². The molecular formula is C27H20ClN3O5. The van der Waals surface area contributed by atoms with Crippen LogP contribution in [0.1, 0.15) is 40.4 Å². The van der Waals surface area contributed by atoms with E-state index in [0.717, 1.165) is 10.9 Å². The first kappa shape index (κ1) is 22.3. The zero-order valence-corrected chi connectivity index (χ0v) is 20.0. The summed E-state index contributed by atoms with van der Waals surface area (Å²) in [6.45, 7) is 1.81. The number of hydrogen-bond acceptors (Lipinski definition) is 7. The van der Waals surface area contributed by atoms with Crippen LogP contribution in [0.25, 0.3) is 22.3 Å².